The molecule has 6 nitrogen and oxygen atoms in total. The van der Waals surface area contributed by atoms with E-state index in [0.29, 0.717) is 29.9 Å². The van der Waals surface area contributed by atoms with Crippen LogP contribution in [-0.2, 0) is 13.1 Å². The van der Waals surface area contributed by atoms with Gasteiger partial charge < -0.3 is 14.0 Å². The summed E-state index contributed by atoms with van der Waals surface area (Å²) in [4.78, 5) is 23.6. The third-order valence-electron chi connectivity index (χ3n) is 5.24. The number of rotatable bonds is 4. The molecule has 0 aliphatic carbocycles. The van der Waals surface area contributed by atoms with Crippen molar-refractivity contribution < 1.29 is 22.7 Å². The highest BCUT2D eigenvalue weighted by Crippen LogP contribution is 2.34. The Labute approximate surface area is 180 Å². The van der Waals surface area contributed by atoms with E-state index in [1.54, 1.807) is 58.2 Å². The molecule has 4 heterocycles. The molecule has 5 rings (SSSR count). The summed E-state index contributed by atoms with van der Waals surface area (Å²) in [5, 5.41) is 0. The van der Waals surface area contributed by atoms with E-state index in [4.69, 9.17) is 4.74 Å². The lowest BCUT2D eigenvalue weighted by atomic mass is 10.1. The lowest BCUT2D eigenvalue weighted by molar-refractivity contribution is -0.153. The molecular weight excluding hydrogens is 421 g/mol. The predicted octanol–water partition coefficient (Wildman–Crippen LogP) is 4.49. The molecule has 0 unspecified atom stereocenters. The van der Waals surface area contributed by atoms with Crippen molar-refractivity contribution in [3.05, 3.63) is 84.1 Å². The first-order valence-electron chi connectivity index (χ1n) is 9.88. The second-order valence-corrected chi connectivity index (χ2v) is 7.45. The molecule has 0 saturated carbocycles. The normalized spacial score (nSPS) is 13.4. The Morgan fingerprint density at radius 2 is 1.84 bits per heavy atom. The van der Waals surface area contributed by atoms with Crippen molar-refractivity contribution in [2.24, 2.45) is 0 Å². The Morgan fingerprint density at radius 1 is 1.03 bits per heavy atom. The summed E-state index contributed by atoms with van der Waals surface area (Å²) in [7, 11) is 0. The van der Waals surface area contributed by atoms with Gasteiger partial charge in [0.15, 0.2) is 6.61 Å². The summed E-state index contributed by atoms with van der Waals surface area (Å²) >= 11 is 0. The monoisotopic (exact) mass is 438 g/mol. The number of nitrogens with zero attached hydrogens (tertiary/aromatic N) is 4. The number of benzene rings is 1. The number of aromatic nitrogens is 3. The van der Waals surface area contributed by atoms with Crippen LogP contribution in [0.25, 0.3) is 16.8 Å². The van der Waals surface area contributed by atoms with Gasteiger partial charge in [-0.05, 0) is 29.8 Å². The van der Waals surface area contributed by atoms with Crippen LogP contribution < -0.4 is 4.74 Å². The van der Waals surface area contributed by atoms with E-state index in [1.165, 1.54) is 6.07 Å². The smallest absolute Gasteiger partial charge is 0.422 e. The van der Waals surface area contributed by atoms with Crippen LogP contribution in [0.15, 0.2) is 67.1 Å². The molecule has 162 valence electrons. The number of para-hydroxylation sites is 1. The fraction of sp³-hybridized carbons (Fsp3) is 0.174. The number of ether oxygens (including phenoxy) is 1. The van der Waals surface area contributed by atoms with Gasteiger partial charge in [0.05, 0.1) is 12.2 Å². The number of carbonyl (C=O) groups is 1. The van der Waals surface area contributed by atoms with Gasteiger partial charge in [-0.15, -0.1) is 0 Å². The predicted molar refractivity (Wildman–Crippen MR) is 110 cm³/mol. The van der Waals surface area contributed by atoms with Crippen LogP contribution in [0.4, 0.5) is 13.2 Å². The average Bonchev–Trinajstić information content (AvgIpc) is 3.41. The zero-order chi connectivity index (χ0) is 22.3. The highest BCUT2D eigenvalue weighted by molar-refractivity contribution is 5.94. The Morgan fingerprint density at radius 3 is 2.66 bits per heavy atom. The van der Waals surface area contributed by atoms with Gasteiger partial charge in [0.2, 0.25) is 0 Å². The SMILES string of the molecule is O=C(c1cn2cccc(-c3ccccc3OCC(F)(F)F)c2n1)N1Cc2cccnc2C1. The fourth-order valence-corrected chi connectivity index (χ4v) is 3.81. The number of hydrogen-bond acceptors (Lipinski definition) is 4. The van der Waals surface area contributed by atoms with Crippen molar-refractivity contribution in [3.63, 3.8) is 0 Å². The fourth-order valence-electron chi connectivity index (χ4n) is 3.81. The van der Waals surface area contributed by atoms with Crippen LogP contribution >= 0.6 is 0 Å². The highest BCUT2D eigenvalue weighted by atomic mass is 19.4. The van der Waals surface area contributed by atoms with Crippen molar-refractivity contribution in [3.8, 4) is 16.9 Å². The maximum absolute atomic E-state index is 13.1. The van der Waals surface area contributed by atoms with E-state index >= 15 is 0 Å². The minimum atomic E-state index is -4.45. The minimum Gasteiger partial charge on any atom is -0.483 e. The first-order chi connectivity index (χ1) is 15.4. The van der Waals surface area contributed by atoms with E-state index in [0.717, 1.165) is 11.3 Å². The Hall–Kier alpha value is -3.88. The standard InChI is InChI=1S/C23H17F3N4O2/c24-23(25,26)14-32-20-8-2-1-6-16(20)17-7-4-10-29-13-19(28-21(17)29)22(31)30-11-15-5-3-9-27-18(15)12-30/h1-10,13H,11-12,14H2. The van der Waals surface area contributed by atoms with Crippen LogP contribution in [0, 0.1) is 0 Å². The zero-order valence-electron chi connectivity index (χ0n) is 16.7. The van der Waals surface area contributed by atoms with Crippen molar-refractivity contribution in [1.82, 2.24) is 19.3 Å². The van der Waals surface area contributed by atoms with Crippen LogP contribution in [-0.4, -0.2) is 38.0 Å². The quantitative estimate of drug-likeness (QED) is 0.471. The first-order valence-corrected chi connectivity index (χ1v) is 9.88. The number of hydrogen-bond donors (Lipinski definition) is 0. The van der Waals surface area contributed by atoms with Crippen molar-refractivity contribution >= 4 is 11.6 Å². The second-order valence-electron chi connectivity index (χ2n) is 7.45. The van der Waals surface area contributed by atoms with E-state index < -0.39 is 12.8 Å². The van der Waals surface area contributed by atoms with Gasteiger partial charge in [0.25, 0.3) is 5.91 Å². The molecule has 0 atom stereocenters. The molecule has 1 aliphatic rings. The Balaban J connectivity index is 1.48. The topological polar surface area (TPSA) is 59.7 Å². The molecule has 1 amide bonds. The molecule has 32 heavy (non-hydrogen) atoms. The summed E-state index contributed by atoms with van der Waals surface area (Å²) in [5.41, 5.74) is 3.59. The van der Waals surface area contributed by atoms with Crippen LogP contribution in [0.1, 0.15) is 21.7 Å². The third kappa shape index (κ3) is 3.77. The van der Waals surface area contributed by atoms with Crippen LogP contribution in [0.3, 0.4) is 0 Å². The number of alkyl halides is 3. The van der Waals surface area contributed by atoms with E-state index in [9.17, 15) is 18.0 Å². The zero-order valence-corrected chi connectivity index (χ0v) is 16.7. The second kappa shape index (κ2) is 7.67. The molecule has 0 spiro atoms. The number of imidazole rings is 1. The molecule has 0 bridgehead atoms. The number of carbonyl (C=O) groups excluding carboxylic acids is 1. The van der Waals surface area contributed by atoms with Gasteiger partial charge in [-0.1, -0.05) is 24.3 Å². The Kier molecular flexibility index (Phi) is 4.80. The molecule has 0 N–H and O–H groups in total. The molecule has 0 fully saturated rings. The van der Waals surface area contributed by atoms with Gasteiger partial charge in [0.1, 0.15) is 17.1 Å². The molecule has 3 aromatic heterocycles. The van der Waals surface area contributed by atoms with E-state index in [-0.39, 0.29) is 17.4 Å². The summed E-state index contributed by atoms with van der Waals surface area (Å²) in [5.74, 6) is -0.144. The van der Waals surface area contributed by atoms with Gasteiger partial charge in [-0.2, -0.15) is 13.2 Å². The largest absolute Gasteiger partial charge is 0.483 e. The van der Waals surface area contributed by atoms with Gasteiger partial charge in [0, 0.05) is 36.3 Å². The average molecular weight is 438 g/mol. The molecular formula is C23H17F3N4O2. The first kappa shape index (κ1) is 20.0. The highest BCUT2D eigenvalue weighted by Gasteiger charge is 2.29. The molecule has 1 aromatic carbocycles. The number of halogens is 3. The number of amides is 1. The summed E-state index contributed by atoms with van der Waals surface area (Å²) in [6, 6.07) is 13.7. The lowest BCUT2D eigenvalue weighted by Crippen LogP contribution is -2.25. The van der Waals surface area contributed by atoms with E-state index in [1.807, 2.05) is 12.1 Å². The minimum absolute atomic E-state index is 0.0925. The molecule has 9 heteroatoms. The number of pyridine rings is 2. The maximum atomic E-state index is 13.1. The summed E-state index contributed by atoms with van der Waals surface area (Å²) in [6.07, 6.45) is 0.606. The van der Waals surface area contributed by atoms with Crippen LogP contribution in [0.5, 0.6) is 5.75 Å². The molecule has 0 radical (unpaired) electrons. The van der Waals surface area contributed by atoms with Crippen molar-refractivity contribution in [2.75, 3.05) is 6.61 Å². The molecule has 0 saturated heterocycles. The third-order valence-corrected chi connectivity index (χ3v) is 5.24. The maximum Gasteiger partial charge on any atom is 0.422 e. The van der Waals surface area contributed by atoms with E-state index in [2.05, 4.69) is 9.97 Å². The van der Waals surface area contributed by atoms with Crippen molar-refractivity contribution in [2.45, 2.75) is 19.3 Å². The lowest BCUT2D eigenvalue weighted by Gasteiger charge is -2.13. The van der Waals surface area contributed by atoms with Gasteiger partial charge in [-0.3, -0.25) is 9.78 Å². The molecule has 4 aromatic rings. The van der Waals surface area contributed by atoms with Gasteiger partial charge >= 0.3 is 6.18 Å². The van der Waals surface area contributed by atoms with Crippen molar-refractivity contribution in [1.29, 1.82) is 0 Å². The summed E-state index contributed by atoms with van der Waals surface area (Å²) < 4.78 is 44.8. The van der Waals surface area contributed by atoms with Gasteiger partial charge in [-0.25, -0.2) is 4.98 Å². The molecule has 1 aliphatic heterocycles. The number of fused-ring (bicyclic) bond motifs is 2. The van der Waals surface area contributed by atoms with Crippen LogP contribution in [0.2, 0.25) is 0 Å². The summed E-state index contributed by atoms with van der Waals surface area (Å²) in [6.45, 7) is -0.532. The Bertz CT molecular complexity index is 1290.